The average Bonchev–Trinajstić information content (AvgIpc) is 3.57. The molecule has 0 aromatic heterocycles. The van der Waals surface area contributed by atoms with E-state index < -0.39 is 0 Å². The lowest BCUT2D eigenvalue weighted by Crippen LogP contribution is -2.41. The van der Waals surface area contributed by atoms with Crippen molar-refractivity contribution in [3.8, 4) is 0 Å². The first-order valence-corrected chi connectivity index (χ1v) is 10.8. The van der Waals surface area contributed by atoms with Crippen molar-refractivity contribution in [2.45, 2.75) is 46.2 Å². The Balaban J connectivity index is 1.93. The molecule has 0 radical (unpaired) electrons. The molecule has 1 fully saturated rings. The van der Waals surface area contributed by atoms with E-state index in [1.165, 1.54) is 24.3 Å². The molecule has 0 heterocycles. The van der Waals surface area contributed by atoms with E-state index >= 15 is 0 Å². The Morgan fingerprint density at radius 3 is 2.26 bits per heavy atom. The summed E-state index contributed by atoms with van der Waals surface area (Å²) in [7, 11) is 3.92. The van der Waals surface area contributed by atoms with E-state index in [1.54, 1.807) is 0 Å². The zero-order chi connectivity index (χ0) is 22.7. The molecule has 3 rings (SSSR count). The Bertz CT molecular complexity index is 936. The highest BCUT2D eigenvalue weighted by atomic mass is 19.1. The molecule has 1 aliphatic carbocycles. The summed E-state index contributed by atoms with van der Waals surface area (Å²) in [6.07, 6.45) is 1.89. The number of rotatable bonds is 8. The van der Waals surface area contributed by atoms with Gasteiger partial charge in [-0.2, -0.15) is 0 Å². The summed E-state index contributed by atoms with van der Waals surface area (Å²) in [4.78, 5) is 29.4. The van der Waals surface area contributed by atoms with Gasteiger partial charge in [0.15, 0.2) is 0 Å². The van der Waals surface area contributed by atoms with E-state index in [2.05, 4.69) is 19.2 Å². The molecule has 0 saturated heterocycles. The van der Waals surface area contributed by atoms with Gasteiger partial charge >= 0.3 is 0 Å². The molecule has 0 bridgehead atoms. The number of hydrogen-bond donors (Lipinski definition) is 1. The van der Waals surface area contributed by atoms with E-state index in [0.717, 1.165) is 29.8 Å². The Morgan fingerprint density at radius 2 is 1.71 bits per heavy atom. The van der Waals surface area contributed by atoms with Gasteiger partial charge in [0.1, 0.15) is 5.82 Å². The number of benzene rings is 2. The molecule has 1 N–H and O–H groups in total. The fourth-order valence-electron chi connectivity index (χ4n) is 3.52. The van der Waals surface area contributed by atoms with Gasteiger partial charge in [0, 0.05) is 49.5 Å². The molecule has 6 heteroatoms. The highest BCUT2D eigenvalue weighted by Gasteiger charge is 2.30. The summed E-state index contributed by atoms with van der Waals surface area (Å²) in [6, 6.07) is 11.5. The van der Waals surface area contributed by atoms with Crippen molar-refractivity contribution in [2.75, 3.05) is 24.3 Å². The molecule has 1 atom stereocenters. The van der Waals surface area contributed by atoms with Crippen LogP contribution in [-0.4, -0.2) is 36.9 Å². The van der Waals surface area contributed by atoms with E-state index in [4.69, 9.17) is 0 Å². The van der Waals surface area contributed by atoms with Gasteiger partial charge in [0.2, 0.25) is 5.91 Å². The molecule has 166 valence electrons. The minimum atomic E-state index is -0.367. The number of anilines is 2. The topological polar surface area (TPSA) is 52.7 Å². The lowest BCUT2D eigenvalue weighted by molar-refractivity contribution is -0.117. The van der Waals surface area contributed by atoms with Crippen LogP contribution in [0.1, 0.15) is 49.5 Å². The first-order chi connectivity index (χ1) is 14.7. The normalized spacial score (nSPS) is 14.3. The Morgan fingerprint density at radius 1 is 1.06 bits per heavy atom. The van der Waals surface area contributed by atoms with Crippen molar-refractivity contribution in [1.82, 2.24) is 4.90 Å². The fraction of sp³-hybridized carbons (Fsp3) is 0.440. The third kappa shape index (κ3) is 5.63. The van der Waals surface area contributed by atoms with Gasteiger partial charge in [-0.15, -0.1) is 0 Å². The third-order valence-electron chi connectivity index (χ3n) is 5.93. The summed E-state index contributed by atoms with van der Waals surface area (Å²) in [5.74, 6) is -0.0925. The predicted molar refractivity (Wildman–Crippen MR) is 123 cm³/mol. The van der Waals surface area contributed by atoms with Crippen LogP contribution in [0.25, 0.3) is 0 Å². The predicted octanol–water partition coefficient (Wildman–Crippen LogP) is 4.93. The third-order valence-corrected chi connectivity index (χ3v) is 5.93. The molecule has 0 unspecified atom stereocenters. The van der Waals surface area contributed by atoms with Gasteiger partial charge in [0.05, 0.1) is 0 Å². The van der Waals surface area contributed by atoms with Crippen LogP contribution in [-0.2, 0) is 11.3 Å². The first-order valence-electron chi connectivity index (χ1n) is 10.8. The summed E-state index contributed by atoms with van der Waals surface area (Å²) >= 11 is 0. The van der Waals surface area contributed by atoms with Crippen molar-refractivity contribution >= 4 is 23.2 Å². The molecule has 2 amide bonds. The Labute approximate surface area is 184 Å². The van der Waals surface area contributed by atoms with Crippen molar-refractivity contribution in [3.05, 3.63) is 59.4 Å². The van der Waals surface area contributed by atoms with E-state index in [-0.39, 0.29) is 35.5 Å². The number of carbonyl (C=O) groups excluding carboxylic acids is 2. The van der Waals surface area contributed by atoms with Crippen LogP contribution in [0.15, 0.2) is 42.5 Å². The van der Waals surface area contributed by atoms with Crippen LogP contribution in [0, 0.1) is 17.7 Å². The summed E-state index contributed by atoms with van der Waals surface area (Å²) < 4.78 is 13.4. The van der Waals surface area contributed by atoms with Crippen molar-refractivity contribution in [3.63, 3.8) is 0 Å². The molecule has 2 aromatic rings. The molecular weight excluding hydrogens is 393 g/mol. The van der Waals surface area contributed by atoms with E-state index in [0.29, 0.717) is 12.1 Å². The molecule has 31 heavy (non-hydrogen) atoms. The maximum Gasteiger partial charge on any atom is 0.254 e. The highest BCUT2D eigenvalue weighted by molar-refractivity contribution is 5.95. The summed E-state index contributed by atoms with van der Waals surface area (Å²) in [5, 5.41) is 3.00. The molecule has 0 spiro atoms. The second-order valence-electron chi connectivity index (χ2n) is 8.93. The van der Waals surface area contributed by atoms with Crippen molar-refractivity contribution in [2.24, 2.45) is 11.8 Å². The number of nitrogens with one attached hydrogen (secondary N) is 1. The molecule has 2 aromatic carbocycles. The smallest absolute Gasteiger partial charge is 0.254 e. The fourth-order valence-corrected chi connectivity index (χ4v) is 3.52. The number of carbonyl (C=O) groups is 2. The van der Waals surface area contributed by atoms with Gasteiger partial charge in [-0.05, 0) is 73.7 Å². The zero-order valence-electron chi connectivity index (χ0n) is 19.0. The van der Waals surface area contributed by atoms with Gasteiger partial charge in [-0.25, -0.2) is 4.39 Å². The van der Waals surface area contributed by atoms with Crippen LogP contribution < -0.4 is 10.2 Å². The van der Waals surface area contributed by atoms with Crippen LogP contribution >= 0.6 is 0 Å². The molecule has 1 aliphatic rings. The SMILES string of the molecule is CC(C)[C@@H](C)N(Cc1cc(NC(=O)C2CC2)ccc1N(C)C)C(=O)c1ccc(F)cc1. The van der Waals surface area contributed by atoms with Crippen molar-refractivity contribution < 1.29 is 14.0 Å². The van der Waals surface area contributed by atoms with Gasteiger partial charge in [-0.3, -0.25) is 9.59 Å². The maximum atomic E-state index is 13.4. The average molecular weight is 426 g/mol. The van der Waals surface area contributed by atoms with Crippen LogP contribution in [0.2, 0.25) is 0 Å². The number of amides is 2. The Kier molecular flexibility index (Phi) is 6.98. The summed E-state index contributed by atoms with van der Waals surface area (Å²) in [6.45, 7) is 6.57. The van der Waals surface area contributed by atoms with E-state index in [9.17, 15) is 14.0 Å². The van der Waals surface area contributed by atoms with Crippen LogP contribution in [0.5, 0.6) is 0 Å². The molecular formula is C25H32FN3O2. The van der Waals surface area contributed by atoms with Crippen LogP contribution in [0.3, 0.4) is 0 Å². The quantitative estimate of drug-likeness (QED) is 0.653. The van der Waals surface area contributed by atoms with E-state index in [1.807, 2.05) is 49.0 Å². The van der Waals surface area contributed by atoms with Gasteiger partial charge in [0.25, 0.3) is 5.91 Å². The number of hydrogen-bond acceptors (Lipinski definition) is 3. The molecule has 0 aliphatic heterocycles. The number of halogens is 1. The monoisotopic (exact) mass is 425 g/mol. The zero-order valence-corrected chi connectivity index (χ0v) is 19.0. The van der Waals surface area contributed by atoms with Crippen molar-refractivity contribution in [1.29, 1.82) is 0 Å². The standard InChI is InChI=1S/C25H32FN3O2/c1-16(2)17(3)29(25(31)19-8-10-21(26)11-9-19)15-20-14-22(12-13-23(20)28(4)5)27-24(30)18-6-7-18/h8-14,16-18H,6-7,15H2,1-5H3,(H,27,30)/t17-/m1/s1. The van der Waals surface area contributed by atoms with Gasteiger partial charge < -0.3 is 15.1 Å². The maximum absolute atomic E-state index is 13.4. The lowest BCUT2D eigenvalue weighted by Gasteiger charge is -2.33. The second-order valence-corrected chi connectivity index (χ2v) is 8.93. The van der Waals surface area contributed by atoms with Crippen LogP contribution in [0.4, 0.5) is 15.8 Å². The Hall–Kier alpha value is -2.89. The number of nitrogens with zero attached hydrogens (tertiary/aromatic N) is 2. The molecule has 1 saturated carbocycles. The minimum Gasteiger partial charge on any atom is -0.377 e. The largest absolute Gasteiger partial charge is 0.377 e. The second kappa shape index (κ2) is 9.50. The summed E-state index contributed by atoms with van der Waals surface area (Å²) in [5.41, 5.74) is 3.13. The highest BCUT2D eigenvalue weighted by Crippen LogP contribution is 2.32. The minimum absolute atomic E-state index is 0.0303. The molecule has 5 nitrogen and oxygen atoms in total. The first kappa shape index (κ1) is 22.8. The van der Waals surface area contributed by atoms with Gasteiger partial charge in [-0.1, -0.05) is 13.8 Å². The lowest BCUT2D eigenvalue weighted by atomic mass is 10.0.